The van der Waals surface area contributed by atoms with Gasteiger partial charge in [0.25, 0.3) is 5.91 Å². The zero-order valence-electron chi connectivity index (χ0n) is 8.64. The van der Waals surface area contributed by atoms with Gasteiger partial charge in [-0.05, 0) is 41.6 Å². The number of nitrogens with zero attached hydrogens (tertiary/aromatic N) is 1. The van der Waals surface area contributed by atoms with Crippen molar-refractivity contribution in [3.63, 3.8) is 0 Å². The summed E-state index contributed by atoms with van der Waals surface area (Å²) in [6, 6.07) is 5.20. The second-order valence-electron chi connectivity index (χ2n) is 3.95. The summed E-state index contributed by atoms with van der Waals surface area (Å²) in [6.45, 7) is 1.87. The molecule has 1 atom stereocenters. The molecule has 2 rings (SSSR count). The van der Waals surface area contributed by atoms with Crippen LogP contribution < -0.4 is 0 Å². The van der Waals surface area contributed by atoms with Crippen LogP contribution in [-0.4, -0.2) is 23.1 Å². The quantitative estimate of drug-likeness (QED) is 0.559. The van der Waals surface area contributed by atoms with E-state index in [1.165, 1.54) is 11.8 Å². The molecular formula is C11H10ClFINO. The zero-order valence-corrected chi connectivity index (χ0v) is 11.5. The van der Waals surface area contributed by atoms with Crippen LogP contribution >= 0.6 is 34.2 Å². The van der Waals surface area contributed by atoms with Gasteiger partial charge in [-0.2, -0.15) is 0 Å². The Kier molecular flexibility index (Phi) is 3.13. The van der Waals surface area contributed by atoms with Crippen molar-refractivity contribution in [3.8, 4) is 0 Å². The van der Waals surface area contributed by atoms with Crippen LogP contribution in [0.3, 0.4) is 0 Å². The fourth-order valence-corrected chi connectivity index (χ4v) is 2.83. The first-order valence-corrected chi connectivity index (χ1v) is 6.34. The van der Waals surface area contributed by atoms with E-state index in [2.05, 4.69) is 0 Å². The number of hydrogen-bond donors (Lipinski definition) is 0. The topological polar surface area (TPSA) is 20.3 Å². The molecular weight excluding hydrogens is 343 g/mol. The normalized spacial score (nSPS) is 24.1. The van der Waals surface area contributed by atoms with E-state index in [0.717, 1.165) is 3.57 Å². The summed E-state index contributed by atoms with van der Waals surface area (Å²) in [5, 5.41) is 0.375. The van der Waals surface area contributed by atoms with E-state index in [4.69, 9.17) is 11.6 Å². The van der Waals surface area contributed by atoms with Gasteiger partial charge in [0.2, 0.25) is 0 Å². The average Bonchev–Trinajstić information content (AvgIpc) is 2.15. The van der Waals surface area contributed by atoms with Gasteiger partial charge in [-0.25, -0.2) is 4.39 Å². The molecule has 0 N–H and O–H groups in total. The molecule has 1 aromatic carbocycles. The molecule has 1 unspecified atom stereocenters. The Labute approximate surface area is 112 Å². The third-order valence-electron chi connectivity index (χ3n) is 2.78. The van der Waals surface area contributed by atoms with Gasteiger partial charge in [-0.3, -0.25) is 4.79 Å². The van der Waals surface area contributed by atoms with Gasteiger partial charge in [-0.1, -0.05) is 17.7 Å². The van der Waals surface area contributed by atoms with Crippen molar-refractivity contribution < 1.29 is 9.18 Å². The van der Waals surface area contributed by atoms with Crippen LogP contribution in [0.1, 0.15) is 23.7 Å². The maximum absolute atomic E-state index is 13.7. The van der Waals surface area contributed by atoms with Crippen LogP contribution in [0.2, 0.25) is 5.02 Å². The smallest absolute Gasteiger partial charge is 0.258 e. The van der Waals surface area contributed by atoms with E-state index < -0.39 is 5.79 Å². The highest BCUT2D eigenvalue weighted by atomic mass is 127. The van der Waals surface area contributed by atoms with Crippen molar-refractivity contribution in [2.75, 3.05) is 6.54 Å². The lowest BCUT2D eigenvalue weighted by molar-refractivity contribution is -0.0770. The van der Waals surface area contributed by atoms with E-state index in [0.29, 0.717) is 23.6 Å². The Bertz CT molecular complexity index is 429. The van der Waals surface area contributed by atoms with E-state index in [1.807, 2.05) is 22.6 Å². The van der Waals surface area contributed by atoms with Gasteiger partial charge in [0.1, 0.15) is 0 Å². The Hall–Kier alpha value is -0.360. The molecule has 1 amide bonds. The number of halogens is 3. The Morgan fingerprint density at radius 3 is 2.75 bits per heavy atom. The molecule has 1 fully saturated rings. The van der Waals surface area contributed by atoms with Crippen LogP contribution in [0.5, 0.6) is 0 Å². The summed E-state index contributed by atoms with van der Waals surface area (Å²) in [4.78, 5) is 13.3. The SMILES string of the molecule is CC1(F)CCN1C(=O)c1c(Cl)cccc1I. The van der Waals surface area contributed by atoms with Crippen molar-refractivity contribution in [3.05, 3.63) is 32.4 Å². The number of likely N-dealkylation sites (tertiary alicyclic amines) is 1. The molecule has 2 nitrogen and oxygen atoms in total. The fourth-order valence-electron chi connectivity index (χ4n) is 1.68. The van der Waals surface area contributed by atoms with E-state index in [-0.39, 0.29) is 5.91 Å². The first-order valence-electron chi connectivity index (χ1n) is 4.88. The van der Waals surface area contributed by atoms with Gasteiger partial charge in [0.15, 0.2) is 5.79 Å². The highest BCUT2D eigenvalue weighted by Crippen LogP contribution is 2.35. The maximum Gasteiger partial charge on any atom is 0.258 e. The summed E-state index contributed by atoms with van der Waals surface area (Å²) in [7, 11) is 0. The lowest BCUT2D eigenvalue weighted by atomic mass is 10.0. The standard InChI is InChI=1S/C11H10ClFINO/c1-11(13)5-6-15(11)10(16)9-7(12)3-2-4-8(9)14/h2-4H,5-6H2,1H3. The first-order chi connectivity index (χ1) is 7.43. The van der Waals surface area contributed by atoms with Crippen molar-refractivity contribution in [1.82, 2.24) is 4.90 Å². The van der Waals surface area contributed by atoms with Gasteiger partial charge in [-0.15, -0.1) is 0 Å². The predicted octanol–water partition coefficient (Wildman–Crippen LogP) is 3.48. The van der Waals surface area contributed by atoms with Gasteiger partial charge in [0.05, 0.1) is 10.6 Å². The van der Waals surface area contributed by atoms with Crippen LogP contribution in [0.15, 0.2) is 18.2 Å². The highest BCUT2D eigenvalue weighted by molar-refractivity contribution is 14.1. The minimum atomic E-state index is -1.53. The number of rotatable bonds is 1. The first kappa shape index (κ1) is 12.1. The van der Waals surface area contributed by atoms with Gasteiger partial charge in [0, 0.05) is 16.5 Å². The van der Waals surface area contributed by atoms with Crippen LogP contribution in [0.4, 0.5) is 4.39 Å². The molecule has 0 aromatic heterocycles. The predicted molar refractivity (Wildman–Crippen MR) is 69.3 cm³/mol. The summed E-state index contributed by atoms with van der Waals surface area (Å²) < 4.78 is 14.5. The number of hydrogen-bond acceptors (Lipinski definition) is 1. The zero-order chi connectivity index (χ0) is 11.9. The van der Waals surface area contributed by atoms with Crippen molar-refractivity contribution >= 4 is 40.1 Å². The number of benzene rings is 1. The molecule has 1 aliphatic rings. The number of amides is 1. The van der Waals surface area contributed by atoms with E-state index >= 15 is 0 Å². The molecule has 1 aromatic rings. The largest absolute Gasteiger partial charge is 0.306 e. The molecule has 5 heteroatoms. The van der Waals surface area contributed by atoms with Crippen LogP contribution in [0.25, 0.3) is 0 Å². The van der Waals surface area contributed by atoms with Gasteiger partial charge >= 0.3 is 0 Å². The second kappa shape index (κ2) is 4.14. The van der Waals surface area contributed by atoms with Crippen molar-refractivity contribution in [2.24, 2.45) is 0 Å². The molecule has 1 heterocycles. The third kappa shape index (κ3) is 1.93. The minimum Gasteiger partial charge on any atom is -0.306 e. The number of alkyl halides is 1. The van der Waals surface area contributed by atoms with E-state index in [9.17, 15) is 9.18 Å². The fraction of sp³-hybridized carbons (Fsp3) is 0.364. The van der Waals surface area contributed by atoms with Crippen molar-refractivity contribution in [2.45, 2.75) is 19.1 Å². The molecule has 1 saturated heterocycles. The second-order valence-corrected chi connectivity index (χ2v) is 5.52. The summed E-state index contributed by atoms with van der Waals surface area (Å²) in [5.74, 6) is -1.86. The molecule has 0 radical (unpaired) electrons. The molecule has 86 valence electrons. The molecule has 16 heavy (non-hydrogen) atoms. The number of carbonyl (C=O) groups is 1. The molecule has 0 aliphatic carbocycles. The lowest BCUT2D eigenvalue weighted by Crippen LogP contribution is -2.57. The average molecular weight is 354 g/mol. The third-order valence-corrected chi connectivity index (χ3v) is 3.99. The van der Waals surface area contributed by atoms with Crippen LogP contribution in [-0.2, 0) is 0 Å². The monoisotopic (exact) mass is 353 g/mol. The van der Waals surface area contributed by atoms with E-state index in [1.54, 1.807) is 18.2 Å². The lowest BCUT2D eigenvalue weighted by Gasteiger charge is -2.44. The highest BCUT2D eigenvalue weighted by Gasteiger charge is 2.44. The Balaban J connectivity index is 2.35. The molecule has 0 bridgehead atoms. The molecule has 0 saturated carbocycles. The van der Waals surface area contributed by atoms with Gasteiger partial charge < -0.3 is 4.90 Å². The summed E-state index contributed by atoms with van der Waals surface area (Å²) in [6.07, 6.45) is 0.389. The molecule has 0 spiro atoms. The maximum atomic E-state index is 13.7. The summed E-state index contributed by atoms with van der Waals surface area (Å²) in [5.41, 5.74) is 0.397. The summed E-state index contributed by atoms with van der Waals surface area (Å²) >= 11 is 8.00. The van der Waals surface area contributed by atoms with Crippen LogP contribution in [0, 0.1) is 3.57 Å². The Morgan fingerprint density at radius 2 is 2.31 bits per heavy atom. The Morgan fingerprint density at radius 1 is 1.62 bits per heavy atom. The van der Waals surface area contributed by atoms with Crippen molar-refractivity contribution in [1.29, 1.82) is 0 Å². The molecule has 1 aliphatic heterocycles. The number of carbonyl (C=O) groups excluding carboxylic acids is 1. The minimum absolute atomic E-state index is 0.328.